The lowest BCUT2D eigenvalue weighted by Crippen LogP contribution is -2.63. The van der Waals surface area contributed by atoms with E-state index in [9.17, 15) is 30.0 Å². The van der Waals surface area contributed by atoms with Gasteiger partial charge in [-0.3, -0.25) is 9.59 Å². The number of aliphatic hydroxyl groups excluding tert-OH is 2. The summed E-state index contributed by atoms with van der Waals surface area (Å²) in [7, 11) is 0. The summed E-state index contributed by atoms with van der Waals surface area (Å²) in [6.45, 7) is 21.7. The smallest absolute Gasteiger partial charge is 0.309 e. The van der Waals surface area contributed by atoms with Crippen molar-refractivity contribution in [2.75, 3.05) is 0 Å². The number of carboxylic acids is 1. The zero-order valence-corrected chi connectivity index (χ0v) is 34.8. The molecule has 11 nitrogen and oxygen atoms in total. The molecule has 5 aliphatic heterocycles. The fourth-order valence-electron chi connectivity index (χ4n) is 10.9. The lowest BCUT2D eigenvalue weighted by atomic mass is 9.72. The van der Waals surface area contributed by atoms with Gasteiger partial charge in [0.15, 0.2) is 5.79 Å². The predicted octanol–water partition coefficient (Wildman–Crippen LogP) is 6.43. The molecule has 5 heterocycles. The zero-order chi connectivity index (χ0) is 40.1. The van der Waals surface area contributed by atoms with Crippen molar-refractivity contribution in [3.8, 4) is 0 Å². The van der Waals surface area contributed by atoms with Crippen molar-refractivity contribution >= 4 is 11.8 Å². The number of hydrogen-bond donors (Lipinski definition) is 4. The summed E-state index contributed by atoms with van der Waals surface area (Å²) in [6, 6.07) is 0. The summed E-state index contributed by atoms with van der Waals surface area (Å²) in [4.78, 5) is 26.6. The number of aliphatic hydroxyl groups is 3. The third kappa shape index (κ3) is 7.88. The summed E-state index contributed by atoms with van der Waals surface area (Å²) < 4.78 is 33.6. The van der Waals surface area contributed by atoms with E-state index in [1.807, 2.05) is 48.5 Å². The SMILES string of the molecule is CCC(C(=O)O)[C@@H]1O[C@@H]([C@@H](C)[C@H](O)[C@H](C)C(=O)[C@H](CC)[C@H]2O[C@]3(C=CC(O)[C@]4(CC[C@@](C)([C@H]5CC[C@](O)(CC)[C@H](C)O5)O4)O3)[C@H](C)C[C@@H]2C)[C@@H](C)C[C@@H]1C. The Labute approximate surface area is 323 Å². The second kappa shape index (κ2) is 16.4. The minimum atomic E-state index is -1.37. The number of rotatable bonds is 12. The van der Waals surface area contributed by atoms with E-state index in [0.717, 1.165) is 6.42 Å². The first-order valence-electron chi connectivity index (χ1n) is 21.1. The monoisotopic (exact) mass is 765 g/mol. The topological polar surface area (TPSA) is 161 Å². The van der Waals surface area contributed by atoms with Crippen LogP contribution in [0.1, 0.15) is 134 Å². The van der Waals surface area contributed by atoms with Gasteiger partial charge >= 0.3 is 5.97 Å². The lowest BCUT2D eigenvalue weighted by molar-refractivity contribution is -0.409. The number of aliphatic carboxylic acids is 1. The molecule has 19 atom stereocenters. The van der Waals surface area contributed by atoms with Gasteiger partial charge in [0, 0.05) is 30.1 Å². The van der Waals surface area contributed by atoms with Gasteiger partial charge in [-0.2, -0.15) is 0 Å². The average molecular weight is 765 g/mol. The third-order valence-electron chi connectivity index (χ3n) is 14.8. The molecule has 0 aromatic rings. The fourth-order valence-corrected chi connectivity index (χ4v) is 10.9. The molecule has 0 amide bonds. The van der Waals surface area contributed by atoms with Gasteiger partial charge in [0.25, 0.3) is 0 Å². The number of hydrogen-bond acceptors (Lipinski definition) is 10. The Morgan fingerprint density at radius 1 is 0.852 bits per heavy atom. The maximum Gasteiger partial charge on any atom is 0.309 e. The molecule has 4 N–H and O–H groups in total. The molecule has 0 aliphatic carbocycles. The molecule has 0 aromatic carbocycles. The largest absolute Gasteiger partial charge is 0.481 e. The summed E-state index contributed by atoms with van der Waals surface area (Å²) in [5.74, 6) is -5.80. The molecule has 54 heavy (non-hydrogen) atoms. The standard InChI is InChI=1S/C43H72O11/c1-12-30(35(46)27(8)34(45)28(9)36-23(4)21-24(5)37(51-36)31(13-2)39(47)48)38-25(6)22-26(7)42(52-38)18-15-32(44)43(54-42)20-19-40(11,53-43)33-16-17-41(49,14-3)29(10)50-33/h15,18,23-34,36-38,44-45,49H,12-14,16-17,19-22H2,1-11H3,(H,47,48)/t23-,24-,25-,26+,27-,28-,29-,30-,31?,32?,33+,34+,36+,37+,38-,40-,41+,42-,43-/m0/s1. The minimum Gasteiger partial charge on any atom is -0.481 e. The molecule has 310 valence electrons. The molecule has 4 fully saturated rings. The van der Waals surface area contributed by atoms with Crippen LogP contribution in [0.25, 0.3) is 0 Å². The number of Topliss-reactive ketones (excluding diaryl/α,β-unsaturated/α-hetero) is 1. The summed E-state index contributed by atoms with van der Waals surface area (Å²) in [5, 5.41) is 44.2. The van der Waals surface area contributed by atoms with Crippen LogP contribution in [0.4, 0.5) is 0 Å². The van der Waals surface area contributed by atoms with E-state index in [1.54, 1.807) is 19.1 Å². The van der Waals surface area contributed by atoms with Crippen molar-refractivity contribution in [3.63, 3.8) is 0 Å². The molecule has 2 spiro atoms. The van der Waals surface area contributed by atoms with Crippen LogP contribution in [0.2, 0.25) is 0 Å². The van der Waals surface area contributed by atoms with Crippen LogP contribution in [-0.2, 0) is 33.3 Å². The minimum absolute atomic E-state index is 0.0104. The molecule has 4 saturated heterocycles. The van der Waals surface area contributed by atoms with Gasteiger partial charge in [-0.1, -0.05) is 62.3 Å². The quantitative estimate of drug-likeness (QED) is 0.162. The normalized spacial score (nSPS) is 46.9. The second-order valence-corrected chi connectivity index (χ2v) is 18.5. The molecule has 0 saturated carbocycles. The van der Waals surface area contributed by atoms with Crippen LogP contribution in [0, 0.1) is 47.3 Å². The first-order valence-corrected chi connectivity index (χ1v) is 21.1. The van der Waals surface area contributed by atoms with E-state index < -0.39 is 76.8 Å². The summed E-state index contributed by atoms with van der Waals surface area (Å²) in [5.41, 5.74) is -1.63. The molecule has 5 aliphatic rings. The highest BCUT2D eigenvalue weighted by atomic mass is 16.8. The molecular weight excluding hydrogens is 692 g/mol. The molecular formula is C43H72O11. The fraction of sp³-hybridized carbons (Fsp3) is 0.907. The van der Waals surface area contributed by atoms with Crippen LogP contribution in [0.15, 0.2) is 12.2 Å². The van der Waals surface area contributed by atoms with Gasteiger partial charge in [0.2, 0.25) is 5.79 Å². The molecule has 0 bridgehead atoms. The van der Waals surface area contributed by atoms with E-state index >= 15 is 0 Å². The van der Waals surface area contributed by atoms with E-state index in [2.05, 4.69) is 20.8 Å². The Hall–Kier alpha value is -1.44. The predicted molar refractivity (Wildman–Crippen MR) is 203 cm³/mol. The Morgan fingerprint density at radius 3 is 2.07 bits per heavy atom. The molecule has 0 radical (unpaired) electrons. The van der Waals surface area contributed by atoms with Crippen LogP contribution in [-0.4, -0.2) is 97.7 Å². The second-order valence-electron chi connectivity index (χ2n) is 18.5. The van der Waals surface area contributed by atoms with Crippen molar-refractivity contribution in [2.45, 2.75) is 199 Å². The van der Waals surface area contributed by atoms with E-state index in [0.29, 0.717) is 51.4 Å². The summed E-state index contributed by atoms with van der Waals surface area (Å²) in [6.07, 6.45) is 4.75. The first kappa shape index (κ1) is 43.7. The molecule has 11 heteroatoms. The summed E-state index contributed by atoms with van der Waals surface area (Å²) >= 11 is 0. The van der Waals surface area contributed by atoms with Gasteiger partial charge in [-0.25, -0.2) is 0 Å². The Morgan fingerprint density at radius 2 is 1.48 bits per heavy atom. The van der Waals surface area contributed by atoms with E-state index in [-0.39, 0.29) is 47.8 Å². The van der Waals surface area contributed by atoms with Crippen molar-refractivity contribution in [1.82, 2.24) is 0 Å². The number of ketones is 1. The van der Waals surface area contributed by atoms with Crippen molar-refractivity contribution < 1.29 is 53.7 Å². The van der Waals surface area contributed by atoms with Gasteiger partial charge in [-0.15, -0.1) is 0 Å². The van der Waals surface area contributed by atoms with E-state index in [1.165, 1.54) is 0 Å². The van der Waals surface area contributed by atoms with E-state index in [4.69, 9.17) is 23.7 Å². The number of ether oxygens (including phenoxy) is 5. The number of carbonyl (C=O) groups is 2. The third-order valence-corrected chi connectivity index (χ3v) is 14.8. The highest BCUT2D eigenvalue weighted by Gasteiger charge is 2.63. The Balaban J connectivity index is 1.32. The highest BCUT2D eigenvalue weighted by Crippen LogP contribution is 2.54. The van der Waals surface area contributed by atoms with Crippen molar-refractivity contribution in [1.29, 1.82) is 0 Å². The Kier molecular flexibility index (Phi) is 13.3. The molecule has 2 unspecified atom stereocenters. The van der Waals surface area contributed by atoms with Crippen LogP contribution in [0.5, 0.6) is 0 Å². The first-order chi connectivity index (χ1) is 25.2. The zero-order valence-electron chi connectivity index (χ0n) is 34.8. The van der Waals surface area contributed by atoms with Gasteiger partial charge in [0.05, 0.1) is 53.7 Å². The van der Waals surface area contributed by atoms with Gasteiger partial charge in [-0.05, 0) is 95.1 Å². The van der Waals surface area contributed by atoms with Crippen molar-refractivity contribution in [3.05, 3.63) is 12.2 Å². The maximum atomic E-state index is 14.5. The van der Waals surface area contributed by atoms with Gasteiger partial charge in [0.1, 0.15) is 11.9 Å². The van der Waals surface area contributed by atoms with Crippen LogP contribution in [0.3, 0.4) is 0 Å². The van der Waals surface area contributed by atoms with Crippen molar-refractivity contribution in [2.24, 2.45) is 47.3 Å². The Bertz CT molecular complexity index is 1360. The average Bonchev–Trinajstić information content (AvgIpc) is 3.47. The number of carboxylic acid groups (broad SMARTS) is 1. The van der Waals surface area contributed by atoms with Crippen LogP contribution < -0.4 is 0 Å². The highest BCUT2D eigenvalue weighted by molar-refractivity contribution is 5.84. The lowest BCUT2D eigenvalue weighted by Gasteiger charge is -2.54. The number of carbonyl (C=O) groups excluding carboxylic acids is 1. The molecule has 5 rings (SSSR count). The maximum absolute atomic E-state index is 14.5. The van der Waals surface area contributed by atoms with Crippen LogP contribution >= 0.6 is 0 Å². The molecule has 0 aromatic heterocycles. The van der Waals surface area contributed by atoms with Gasteiger partial charge < -0.3 is 44.1 Å².